The zero-order valence-electron chi connectivity index (χ0n) is 14.6. The summed E-state index contributed by atoms with van der Waals surface area (Å²) in [5.41, 5.74) is 1.73. The van der Waals surface area contributed by atoms with E-state index in [0.717, 1.165) is 5.56 Å². The van der Waals surface area contributed by atoms with Gasteiger partial charge in [0.1, 0.15) is 0 Å². The van der Waals surface area contributed by atoms with E-state index in [4.69, 9.17) is 14.7 Å². The molecular formula is C20H20N2O4. The van der Waals surface area contributed by atoms with E-state index in [9.17, 15) is 9.59 Å². The lowest BCUT2D eigenvalue weighted by Gasteiger charge is -2.22. The third-order valence-corrected chi connectivity index (χ3v) is 3.71. The fourth-order valence-corrected chi connectivity index (χ4v) is 2.28. The molecule has 0 spiro atoms. The van der Waals surface area contributed by atoms with E-state index in [1.807, 2.05) is 36.4 Å². The number of carbonyl (C=O) groups excluding carboxylic acids is 2. The van der Waals surface area contributed by atoms with Crippen molar-refractivity contribution in [3.8, 4) is 6.07 Å². The van der Waals surface area contributed by atoms with Crippen LogP contribution in [0.1, 0.15) is 21.5 Å². The van der Waals surface area contributed by atoms with Crippen molar-refractivity contribution in [2.24, 2.45) is 0 Å². The van der Waals surface area contributed by atoms with Crippen molar-refractivity contribution in [1.82, 2.24) is 4.90 Å². The van der Waals surface area contributed by atoms with E-state index in [1.165, 1.54) is 24.3 Å². The van der Waals surface area contributed by atoms with Crippen molar-refractivity contribution in [1.29, 1.82) is 5.26 Å². The zero-order valence-corrected chi connectivity index (χ0v) is 14.6. The first-order valence-electron chi connectivity index (χ1n) is 8.12. The number of ether oxygens (including phenoxy) is 2. The Morgan fingerprint density at radius 1 is 1.08 bits per heavy atom. The predicted octanol–water partition coefficient (Wildman–Crippen LogP) is 2.39. The van der Waals surface area contributed by atoms with Gasteiger partial charge in [0.05, 0.1) is 23.8 Å². The Kier molecular flexibility index (Phi) is 7.34. The average molecular weight is 352 g/mol. The van der Waals surface area contributed by atoms with Crippen LogP contribution in [0, 0.1) is 11.3 Å². The number of hydrogen-bond donors (Lipinski definition) is 0. The van der Waals surface area contributed by atoms with Crippen molar-refractivity contribution in [3.63, 3.8) is 0 Å². The third kappa shape index (κ3) is 5.72. The second-order valence-electron chi connectivity index (χ2n) is 5.56. The molecule has 2 aromatic rings. The second-order valence-corrected chi connectivity index (χ2v) is 5.56. The molecule has 2 aromatic carbocycles. The molecule has 0 heterocycles. The summed E-state index contributed by atoms with van der Waals surface area (Å²) in [5, 5.41) is 8.77. The molecule has 0 aliphatic heterocycles. The molecule has 6 heteroatoms. The standard InChI is InChI=1S/C20H20N2O4/c1-25-12-11-22(14-17-5-3-2-4-6-17)19(23)15-26-20(24)18-9-7-16(13-21)8-10-18/h2-10H,11-12,14-15H2,1H3. The second kappa shape index (κ2) is 9.97. The Bertz CT molecular complexity index is 767. The molecule has 2 rings (SSSR count). The van der Waals surface area contributed by atoms with Gasteiger partial charge >= 0.3 is 5.97 Å². The molecule has 0 aromatic heterocycles. The van der Waals surface area contributed by atoms with Crippen LogP contribution in [-0.4, -0.2) is 43.6 Å². The summed E-state index contributed by atoms with van der Waals surface area (Å²) in [6, 6.07) is 17.6. The number of nitriles is 1. The van der Waals surface area contributed by atoms with Gasteiger partial charge in [0.2, 0.25) is 0 Å². The van der Waals surface area contributed by atoms with Gasteiger partial charge < -0.3 is 14.4 Å². The van der Waals surface area contributed by atoms with Gasteiger partial charge in [-0.25, -0.2) is 4.79 Å². The lowest BCUT2D eigenvalue weighted by Crippen LogP contribution is -2.36. The SMILES string of the molecule is COCCN(Cc1ccccc1)C(=O)COC(=O)c1ccc(C#N)cc1. The minimum atomic E-state index is -0.603. The van der Waals surface area contributed by atoms with Crippen LogP contribution >= 0.6 is 0 Å². The van der Waals surface area contributed by atoms with Crippen molar-refractivity contribution < 1.29 is 19.1 Å². The highest BCUT2D eigenvalue weighted by Crippen LogP contribution is 2.07. The maximum absolute atomic E-state index is 12.4. The molecule has 0 atom stereocenters. The van der Waals surface area contributed by atoms with E-state index in [-0.39, 0.29) is 12.5 Å². The fourth-order valence-electron chi connectivity index (χ4n) is 2.28. The molecule has 0 saturated heterocycles. The maximum atomic E-state index is 12.4. The van der Waals surface area contributed by atoms with Gasteiger partial charge in [-0.2, -0.15) is 5.26 Å². The van der Waals surface area contributed by atoms with Gasteiger partial charge in [-0.3, -0.25) is 4.79 Å². The Hall–Kier alpha value is -3.17. The summed E-state index contributed by atoms with van der Waals surface area (Å²) in [7, 11) is 1.57. The molecular weight excluding hydrogens is 332 g/mol. The molecule has 0 unspecified atom stereocenters. The van der Waals surface area contributed by atoms with Crippen LogP contribution in [-0.2, 0) is 20.8 Å². The molecule has 0 N–H and O–H groups in total. The number of esters is 1. The van der Waals surface area contributed by atoms with Gasteiger partial charge in [0.15, 0.2) is 6.61 Å². The molecule has 26 heavy (non-hydrogen) atoms. The predicted molar refractivity (Wildman–Crippen MR) is 95.2 cm³/mol. The Balaban J connectivity index is 1.94. The van der Waals surface area contributed by atoms with Crippen molar-refractivity contribution in [2.45, 2.75) is 6.54 Å². The summed E-state index contributed by atoms with van der Waals surface area (Å²) in [4.78, 5) is 26.1. The summed E-state index contributed by atoms with van der Waals surface area (Å²) in [6.07, 6.45) is 0. The Morgan fingerprint density at radius 3 is 2.38 bits per heavy atom. The smallest absolute Gasteiger partial charge is 0.338 e. The monoisotopic (exact) mass is 352 g/mol. The minimum Gasteiger partial charge on any atom is -0.452 e. The molecule has 0 aliphatic rings. The normalized spacial score (nSPS) is 10.0. The summed E-state index contributed by atoms with van der Waals surface area (Å²) in [5.74, 6) is -0.901. The lowest BCUT2D eigenvalue weighted by molar-refractivity contribution is -0.135. The van der Waals surface area contributed by atoms with Gasteiger partial charge in [0.25, 0.3) is 5.91 Å². The zero-order chi connectivity index (χ0) is 18.8. The molecule has 0 aliphatic carbocycles. The number of amides is 1. The molecule has 134 valence electrons. The van der Waals surface area contributed by atoms with Gasteiger partial charge in [0, 0.05) is 20.2 Å². The van der Waals surface area contributed by atoms with E-state index in [0.29, 0.717) is 30.8 Å². The first kappa shape index (κ1) is 19.2. The van der Waals surface area contributed by atoms with E-state index in [1.54, 1.807) is 12.0 Å². The van der Waals surface area contributed by atoms with Crippen LogP contribution in [0.15, 0.2) is 54.6 Å². The molecule has 0 fully saturated rings. The number of hydrogen-bond acceptors (Lipinski definition) is 5. The highest BCUT2D eigenvalue weighted by atomic mass is 16.5. The summed E-state index contributed by atoms with van der Waals surface area (Å²) in [6.45, 7) is 0.855. The van der Waals surface area contributed by atoms with Crippen LogP contribution in [0.4, 0.5) is 0 Å². The molecule has 0 saturated carbocycles. The van der Waals surface area contributed by atoms with E-state index in [2.05, 4.69) is 0 Å². The Labute approximate surface area is 152 Å². The first-order valence-corrected chi connectivity index (χ1v) is 8.12. The van der Waals surface area contributed by atoms with Crippen LogP contribution in [0.3, 0.4) is 0 Å². The van der Waals surface area contributed by atoms with E-state index >= 15 is 0 Å². The van der Waals surface area contributed by atoms with Crippen LogP contribution in [0.25, 0.3) is 0 Å². The number of carbonyl (C=O) groups is 2. The lowest BCUT2D eigenvalue weighted by atomic mass is 10.1. The van der Waals surface area contributed by atoms with Crippen molar-refractivity contribution in [3.05, 3.63) is 71.3 Å². The number of methoxy groups -OCH3 is 1. The fraction of sp³-hybridized carbons (Fsp3) is 0.250. The van der Waals surface area contributed by atoms with Crippen molar-refractivity contribution in [2.75, 3.05) is 26.9 Å². The topological polar surface area (TPSA) is 79.6 Å². The maximum Gasteiger partial charge on any atom is 0.338 e. The largest absolute Gasteiger partial charge is 0.452 e. The van der Waals surface area contributed by atoms with Gasteiger partial charge in [-0.1, -0.05) is 30.3 Å². The molecule has 0 bridgehead atoms. The van der Waals surface area contributed by atoms with Crippen molar-refractivity contribution >= 4 is 11.9 Å². The number of nitrogens with zero attached hydrogens (tertiary/aromatic N) is 2. The average Bonchev–Trinajstić information content (AvgIpc) is 2.69. The van der Waals surface area contributed by atoms with Crippen LogP contribution < -0.4 is 0 Å². The molecule has 1 amide bonds. The molecule has 0 radical (unpaired) electrons. The summed E-state index contributed by atoms with van der Waals surface area (Å²) < 4.78 is 10.2. The van der Waals surface area contributed by atoms with E-state index < -0.39 is 5.97 Å². The summed E-state index contributed by atoms with van der Waals surface area (Å²) >= 11 is 0. The first-order chi connectivity index (χ1) is 12.6. The van der Waals surface area contributed by atoms with Gasteiger partial charge in [-0.15, -0.1) is 0 Å². The quantitative estimate of drug-likeness (QED) is 0.682. The Morgan fingerprint density at radius 2 is 1.77 bits per heavy atom. The van der Waals surface area contributed by atoms with Crippen LogP contribution in [0.2, 0.25) is 0 Å². The van der Waals surface area contributed by atoms with Gasteiger partial charge in [-0.05, 0) is 29.8 Å². The number of rotatable bonds is 8. The third-order valence-electron chi connectivity index (χ3n) is 3.71. The van der Waals surface area contributed by atoms with Crippen LogP contribution in [0.5, 0.6) is 0 Å². The highest BCUT2D eigenvalue weighted by molar-refractivity contribution is 5.91. The molecule has 6 nitrogen and oxygen atoms in total. The highest BCUT2D eigenvalue weighted by Gasteiger charge is 2.17. The number of benzene rings is 2. The minimum absolute atomic E-state index is 0.295.